The molecule has 0 amide bonds. The lowest BCUT2D eigenvalue weighted by Gasteiger charge is -2.23. The number of anilines is 2. The van der Waals surface area contributed by atoms with Gasteiger partial charge >= 0.3 is 0 Å². The third kappa shape index (κ3) is 3.55. The summed E-state index contributed by atoms with van der Waals surface area (Å²) in [7, 11) is 0. The van der Waals surface area contributed by atoms with Gasteiger partial charge in [0.25, 0.3) is 5.88 Å². The Labute approximate surface area is 151 Å². The van der Waals surface area contributed by atoms with Crippen molar-refractivity contribution in [3.8, 4) is 11.9 Å². The Hall–Kier alpha value is -3.24. The van der Waals surface area contributed by atoms with E-state index in [0.29, 0.717) is 11.6 Å². The van der Waals surface area contributed by atoms with Crippen LogP contribution in [0.2, 0.25) is 0 Å². The van der Waals surface area contributed by atoms with Crippen LogP contribution in [-0.4, -0.2) is 34.1 Å². The molecule has 1 unspecified atom stereocenters. The first-order valence-electron chi connectivity index (χ1n) is 8.58. The molecule has 3 heterocycles. The van der Waals surface area contributed by atoms with Gasteiger partial charge in [-0.15, -0.1) is 0 Å². The number of benzene rings is 1. The molecule has 0 bridgehead atoms. The molecular formula is C19H18N6O. The molecule has 26 heavy (non-hydrogen) atoms. The van der Waals surface area contributed by atoms with Crippen molar-refractivity contribution in [3.05, 3.63) is 48.4 Å². The lowest BCUT2D eigenvalue weighted by atomic mass is 10.1. The standard InChI is InChI=1S/C19H18N6O/c20-9-16-19(26-15-6-3-7-21-11-15)25-18(12-22-16)24-17-8-13-4-1-2-5-14(13)10-23-17/h1-2,4-5,8,10,12,15,21H,3,6-7,11H2,(H,23,24,25). The Bertz CT molecular complexity index is 962. The van der Waals surface area contributed by atoms with Crippen LogP contribution in [0, 0.1) is 11.3 Å². The van der Waals surface area contributed by atoms with Gasteiger partial charge in [0.1, 0.15) is 18.0 Å². The third-order valence-electron chi connectivity index (χ3n) is 4.26. The number of aromatic nitrogens is 3. The number of fused-ring (bicyclic) bond motifs is 1. The number of nitrogens with zero attached hydrogens (tertiary/aromatic N) is 4. The zero-order valence-electron chi connectivity index (χ0n) is 14.1. The topological polar surface area (TPSA) is 95.8 Å². The molecule has 0 radical (unpaired) electrons. The highest BCUT2D eigenvalue weighted by atomic mass is 16.5. The van der Waals surface area contributed by atoms with E-state index in [9.17, 15) is 5.26 Å². The zero-order valence-corrected chi connectivity index (χ0v) is 14.1. The van der Waals surface area contributed by atoms with Crippen molar-refractivity contribution in [3.63, 3.8) is 0 Å². The average molecular weight is 346 g/mol. The van der Waals surface area contributed by atoms with E-state index >= 15 is 0 Å². The number of ether oxygens (including phenoxy) is 1. The van der Waals surface area contributed by atoms with Crippen molar-refractivity contribution in [2.24, 2.45) is 0 Å². The van der Waals surface area contributed by atoms with E-state index in [4.69, 9.17) is 4.74 Å². The number of hydrogen-bond donors (Lipinski definition) is 2. The van der Waals surface area contributed by atoms with Gasteiger partial charge in [0.15, 0.2) is 5.82 Å². The zero-order chi connectivity index (χ0) is 17.8. The lowest BCUT2D eigenvalue weighted by Crippen LogP contribution is -2.37. The van der Waals surface area contributed by atoms with Gasteiger partial charge in [-0.25, -0.2) is 9.97 Å². The first-order chi connectivity index (χ1) is 12.8. The highest BCUT2D eigenvalue weighted by Gasteiger charge is 2.18. The van der Waals surface area contributed by atoms with Gasteiger partial charge in [-0.1, -0.05) is 24.3 Å². The summed E-state index contributed by atoms with van der Waals surface area (Å²) in [6, 6.07) is 12.0. The van der Waals surface area contributed by atoms with E-state index in [1.54, 1.807) is 6.20 Å². The summed E-state index contributed by atoms with van der Waals surface area (Å²) in [6.07, 6.45) is 5.29. The maximum atomic E-state index is 9.27. The van der Waals surface area contributed by atoms with Crippen LogP contribution in [0.1, 0.15) is 18.5 Å². The number of piperidine rings is 1. The summed E-state index contributed by atoms with van der Waals surface area (Å²) in [5.74, 6) is 1.41. The number of nitrogens with one attached hydrogen (secondary N) is 2. The van der Waals surface area contributed by atoms with Crippen LogP contribution in [0.25, 0.3) is 10.8 Å². The minimum atomic E-state index is -0.000746. The predicted octanol–water partition coefficient (Wildman–Crippen LogP) is 2.77. The highest BCUT2D eigenvalue weighted by Crippen LogP contribution is 2.22. The van der Waals surface area contributed by atoms with Crippen molar-refractivity contribution >= 4 is 22.4 Å². The van der Waals surface area contributed by atoms with Gasteiger partial charge in [-0.05, 0) is 30.8 Å². The fraction of sp³-hybridized carbons (Fsp3) is 0.263. The number of rotatable bonds is 4. The lowest BCUT2D eigenvalue weighted by molar-refractivity contribution is 0.159. The Morgan fingerprint density at radius 3 is 2.85 bits per heavy atom. The number of hydrogen-bond acceptors (Lipinski definition) is 7. The molecule has 0 aliphatic carbocycles. The maximum Gasteiger partial charge on any atom is 0.253 e. The summed E-state index contributed by atoms with van der Waals surface area (Å²) in [5.41, 5.74) is 0.188. The molecule has 1 aliphatic heterocycles. The summed E-state index contributed by atoms with van der Waals surface area (Å²) in [4.78, 5) is 13.0. The van der Waals surface area contributed by atoms with E-state index in [2.05, 4.69) is 25.6 Å². The van der Waals surface area contributed by atoms with Gasteiger partial charge in [0.2, 0.25) is 5.69 Å². The van der Waals surface area contributed by atoms with Crippen LogP contribution in [0.15, 0.2) is 42.7 Å². The molecule has 7 heteroatoms. The number of pyridine rings is 1. The Balaban J connectivity index is 1.57. The van der Waals surface area contributed by atoms with Crippen LogP contribution in [0.5, 0.6) is 5.88 Å². The molecule has 4 rings (SSSR count). The quantitative estimate of drug-likeness (QED) is 0.750. The van der Waals surface area contributed by atoms with Crippen molar-refractivity contribution in [1.82, 2.24) is 20.3 Å². The normalized spacial score (nSPS) is 16.8. The van der Waals surface area contributed by atoms with E-state index in [-0.39, 0.29) is 17.7 Å². The fourth-order valence-corrected chi connectivity index (χ4v) is 2.95. The monoisotopic (exact) mass is 346 g/mol. The van der Waals surface area contributed by atoms with Crippen LogP contribution >= 0.6 is 0 Å². The smallest absolute Gasteiger partial charge is 0.253 e. The molecule has 130 valence electrons. The largest absolute Gasteiger partial charge is 0.471 e. The van der Waals surface area contributed by atoms with Crippen LogP contribution in [0.4, 0.5) is 11.6 Å². The SMILES string of the molecule is N#Cc1ncc(Nc2cc3ccccc3cn2)nc1OC1CCCNC1. The van der Waals surface area contributed by atoms with Gasteiger partial charge in [-0.3, -0.25) is 0 Å². The molecule has 1 aliphatic rings. The summed E-state index contributed by atoms with van der Waals surface area (Å²) in [6.45, 7) is 1.74. The molecule has 0 spiro atoms. The molecule has 1 aromatic carbocycles. The first kappa shape index (κ1) is 16.2. The summed E-state index contributed by atoms with van der Waals surface area (Å²) in [5, 5.41) is 17.8. The van der Waals surface area contributed by atoms with E-state index in [1.807, 2.05) is 36.4 Å². The molecule has 1 atom stereocenters. The molecule has 3 aromatic rings. The second-order valence-electron chi connectivity index (χ2n) is 6.15. The van der Waals surface area contributed by atoms with Gasteiger partial charge in [-0.2, -0.15) is 10.2 Å². The molecule has 2 aromatic heterocycles. The Morgan fingerprint density at radius 2 is 2.04 bits per heavy atom. The van der Waals surface area contributed by atoms with Crippen molar-refractivity contribution in [2.75, 3.05) is 18.4 Å². The van der Waals surface area contributed by atoms with E-state index < -0.39 is 0 Å². The first-order valence-corrected chi connectivity index (χ1v) is 8.58. The predicted molar refractivity (Wildman–Crippen MR) is 98.3 cm³/mol. The molecule has 7 nitrogen and oxygen atoms in total. The minimum Gasteiger partial charge on any atom is -0.471 e. The van der Waals surface area contributed by atoms with Crippen molar-refractivity contribution in [1.29, 1.82) is 5.26 Å². The minimum absolute atomic E-state index is 0.000746. The van der Waals surface area contributed by atoms with E-state index in [1.165, 1.54) is 6.20 Å². The van der Waals surface area contributed by atoms with Crippen molar-refractivity contribution in [2.45, 2.75) is 18.9 Å². The van der Waals surface area contributed by atoms with E-state index in [0.717, 1.165) is 36.7 Å². The molecule has 1 fully saturated rings. The van der Waals surface area contributed by atoms with Crippen LogP contribution in [-0.2, 0) is 0 Å². The maximum absolute atomic E-state index is 9.27. The van der Waals surface area contributed by atoms with Crippen LogP contribution < -0.4 is 15.4 Å². The molecule has 0 saturated carbocycles. The highest BCUT2D eigenvalue weighted by molar-refractivity contribution is 5.84. The summed E-state index contributed by atoms with van der Waals surface area (Å²) >= 11 is 0. The van der Waals surface area contributed by atoms with Gasteiger partial charge in [0, 0.05) is 18.1 Å². The average Bonchev–Trinajstić information content (AvgIpc) is 2.69. The number of nitriles is 1. The molecule has 1 saturated heterocycles. The van der Waals surface area contributed by atoms with Crippen LogP contribution in [0.3, 0.4) is 0 Å². The van der Waals surface area contributed by atoms with Crippen molar-refractivity contribution < 1.29 is 4.74 Å². The van der Waals surface area contributed by atoms with Gasteiger partial charge in [0.05, 0.1) is 6.20 Å². The summed E-state index contributed by atoms with van der Waals surface area (Å²) < 4.78 is 5.91. The Morgan fingerprint density at radius 1 is 1.15 bits per heavy atom. The Kier molecular flexibility index (Phi) is 4.58. The third-order valence-corrected chi connectivity index (χ3v) is 4.26. The second kappa shape index (κ2) is 7.33. The molecular weight excluding hydrogens is 328 g/mol. The second-order valence-corrected chi connectivity index (χ2v) is 6.15. The fourth-order valence-electron chi connectivity index (χ4n) is 2.95. The van der Waals surface area contributed by atoms with Gasteiger partial charge < -0.3 is 15.4 Å². The molecule has 2 N–H and O–H groups in total.